The predicted molar refractivity (Wildman–Crippen MR) is 102 cm³/mol. The van der Waals surface area contributed by atoms with Crippen molar-refractivity contribution in [3.63, 3.8) is 0 Å². The molecule has 25 heavy (non-hydrogen) atoms. The van der Waals surface area contributed by atoms with Crippen LogP contribution < -0.4 is 15.4 Å². The summed E-state index contributed by atoms with van der Waals surface area (Å²) >= 11 is 1.67. The van der Waals surface area contributed by atoms with Crippen LogP contribution in [0.1, 0.15) is 16.5 Å². The van der Waals surface area contributed by atoms with Crippen LogP contribution in [0.3, 0.4) is 0 Å². The van der Waals surface area contributed by atoms with Gasteiger partial charge in [-0.3, -0.25) is 10.1 Å². The SMILES string of the molecule is COc1cccc(NC(=O)[C@H](NCc2cccs2)c2ccccc2)c1. The Bertz CT molecular complexity index is 804. The topological polar surface area (TPSA) is 50.4 Å². The van der Waals surface area contributed by atoms with E-state index in [4.69, 9.17) is 4.74 Å². The molecule has 0 aliphatic rings. The Morgan fingerprint density at radius 2 is 1.92 bits per heavy atom. The highest BCUT2D eigenvalue weighted by Gasteiger charge is 2.20. The molecule has 0 unspecified atom stereocenters. The Labute approximate surface area is 151 Å². The molecule has 1 heterocycles. The van der Waals surface area contributed by atoms with Crippen LogP contribution in [0.15, 0.2) is 72.1 Å². The van der Waals surface area contributed by atoms with Crippen LogP contribution >= 0.6 is 11.3 Å². The summed E-state index contributed by atoms with van der Waals surface area (Å²) in [5.41, 5.74) is 1.64. The maximum atomic E-state index is 12.9. The second-order valence-corrected chi connectivity index (χ2v) is 6.56. The van der Waals surface area contributed by atoms with Crippen LogP contribution in [0, 0.1) is 0 Å². The Morgan fingerprint density at radius 3 is 2.64 bits per heavy atom. The fraction of sp³-hybridized carbons (Fsp3) is 0.150. The van der Waals surface area contributed by atoms with Gasteiger partial charge in [0.1, 0.15) is 11.8 Å². The molecule has 0 spiro atoms. The minimum atomic E-state index is -0.436. The average molecular weight is 352 g/mol. The molecule has 0 aliphatic heterocycles. The van der Waals surface area contributed by atoms with Crippen molar-refractivity contribution in [3.8, 4) is 5.75 Å². The second kappa shape index (κ2) is 8.46. The van der Waals surface area contributed by atoms with Crippen molar-refractivity contribution < 1.29 is 9.53 Å². The van der Waals surface area contributed by atoms with Crippen molar-refractivity contribution >= 4 is 22.9 Å². The zero-order valence-electron chi connectivity index (χ0n) is 13.9. The number of nitrogens with one attached hydrogen (secondary N) is 2. The number of carbonyl (C=O) groups is 1. The van der Waals surface area contributed by atoms with Gasteiger partial charge in [0.2, 0.25) is 5.91 Å². The van der Waals surface area contributed by atoms with Crippen molar-refractivity contribution in [2.45, 2.75) is 12.6 Å². The molecule has 1 aromatic heterocycles. The molecule has 2 aromatic carbocycles. The number of anilines is 1. The minimum Gasteiger partial charge on any atom is -0.497 e. The van der Waals surface area contributed by atoms with E-state index in [1.807, 2.05) is 60.0 Å². The van der Waals surface area contributed by atoms with Gasteiger partial charge in [-0.2, -0.15) is 0 Å². The fourth-order valence-corrected chi connectivity index (χ4v) is 3.19. The van der Waals surface area contributed by atoms with Crippen molar-refractivity contribution in [1.29, 1.82) is 0 Å². The molecule has 2 N–H and O–H groups in total. The second-order valence-electron chi connectivity index (χ2n) is 5.53. The highest BCUT2D eigenvalue weighted by atomic mass is 32.1. The maximum Gasteiger partial charge on any atom is 0.246 e. The number of amides is 1. The third kappa shape index (κ3) is 4.68. The number of hydrogen-bond acceptors (Lipinski definition) is 4. The first-order valence-corrected chi connectivity index (χ1v) is 8.90. The summed E-state index contributed by atoms with van der Waals surface area (Å²) in [4.78, 5) is 14.1. The van der Waals surface area contributed by atoms with Crippen LogP contribution in [0.25, 0.3) is 0 Å². The summed E-state index contributed by atoms with van der Waals surface area (Å²) in [6.45, 7) is 0.642. The quantitative estimate of drug-likeness (QED) is 0.669. The Hall–Kier alpha value is -2.63. The summed E-state index contributed by atoms with van der Waals surface area (Å²) in [6, 6.07) is 20.7. The molecule has 5 heteroatoms. The summed E-state index contributed by atoms with van der Waals surface area (Å²) in [5.74, 6) is 0.608. The first kappa shape index (κ1) is 17.2. The van der Waals surface area contributed by atoms with Crippen LogP contribution in [0.4, 0.5) is 5.69 Å². The molecule has 128 valence electrons. The lowest BCUT2D eigenvalue weighted by Crippen LogP contribution is -2.32. The molecule has 0 radical (unpaired) electrons. The van der Waals surface area contributed by atoms with Gasteiger partial charge in [-0.05, 0) is 29.1 Å². The zero-order chi connectivity index (χ0) is 17.5. The third-order valence-electron chi connectivity index (χ3n) is 3.79. The normalized spacial score (nSPS) is 11.7. The first-order valence-electron chi connectivity index (χ1n) is 8.02. The van der Waals surface area contributed by atoms with E-state index in [9.17, 15) is 4.79 Å². The number of benzene rings is 2. The van der Waals surface area contributed by atoms with E-state index < -0.39 is 6.04 Å². The molecule has 0 bridgehead atoms. The monoisotopic (exact) mass is 352 g/mol. The van der Waals surface area contributed by atoms with Gasteiger partial charge in [0, 0.05) is 23.2 Å². The number of hydrogen-bond donors (Lipinski definition) is 2. The lowest BCUT2D eigenvalue weighted by Gasteiger charge is -2.19. The van der Waals surface area contributed by atoms with Gasteiger partial charge in [0.25, 0.3) is 0 Å². The molecule has 1 atom stereocenters. The molecular weight excluding hydrogens is 332 g/mol. The van der Waals surface area contributed by atoms with Gasteiger partial charge < -0.3 is 10.1 Å². The number of ether oxygens (including phenoxy) is 1. The first-order chi connectivity index (χ1) is 12.3. The molecular formula is C20H20N2O2S. The fourth-order valence-electron chi connectivity index (χ4n) is 2.54. The molecule has 3 rings (SSSR count). The Kier molecular flexibility index (Phi) is 5.82. The maximum absolute atomic E-state index is 12.9. The smallest absolute Gasteiger partial charge is 0.246 e. The third-order valence-corrected chi connectivity index (χ3v) is 4.67. The molecule has 0 saturated carbocycles. The van der Waals surface area contributed by atoms with Gasteiger partial charge in [-0.25, -0.2) is 0 Å². The number of rotatable bonds is 7. The van der Waals surface area contributed by atoms with Gasteiger partial charge in [0.05, 0.1) is 7.11 Å². The van der Waals surface area contributed by atoms with Crippen molar-refractivity contribution in [2.24, 2.45) is 0 Å². The highest BCUT2D eigenvalue weighted by Crippen LogP contribution is 2.20. The van der Waals surface area contributed by atoms with E-state index in [1.165, 1.54) is 4.88 Å². The summed E-state index contributed by atoms with van der Waals surface area (Å²) < 4.78 is 5.21. The Balaban J connectivity index is 1.76. The lowest BCUT2D eigenvalue weighted by atomic mass is 10.1. The zero-order valence-corrected chi connectivity index (χ0v) is 14.8. The minimum absolute atomic E-state index is 0.101. The number of methoxy groups -OCH3 is 1. The van der Waals surface area contributed by atoms with Gasteiger partial charge >= 0.3 is 0 Å². The van der Waals surface area contributed by atoms with Crippen LogP contribution in [-0.4, -0.2) is 13.0 Å². The largest absolute Gasteiger partial charge is 0.497 e. The van der Waals surface area contributed by atoms with E-state index in [0.29, 0.717) is 18.0 Å². The van der Waals surface area contributed by atoms with Crippen LogP contribution in [0.2, 0.25) is 0 Å². The average Bonchev–Trinajstić information content (AvgIpc) is 3.16. The van der Waals surface area contributed by atoms with Crippen molar-refractivity contribution in [3.05, 3.63) is 82.6 Å². The molecule has 3 aromatic rings. The van der Waals surface area contributed by atoms with Crippen LogP contribution in [-0.2, 0) is 11.3 Å². The van der Waals surface area contributed by atoms with E-state index in [0.717, 1.165) is 5.56 Å². The highest BCUT2D eigenvalue weighted by molar-refractivity contribution is 7.09. The predicted octanol–water partition coefficient (Wildman–Crippen LogP) is 4.23. The van der Waals surface area contributed by atoms with E-state index in [-0.39, 0.29) is 5.91 Å². The molecule has 4 nitrogen and oxygen atoms in total. The number of thiophene rings is 1. The summed E-state index contributed by atoms with van der Waals surface area (Å²) in [7, 11) is 1.61. The van der Waals surface area contributed by atoms with Gasteiger partial charge in [-0.15, -0.1) is 11.3 Å². The van der Waals surface area contributed by atoms with E-state index in [1.54, 1.807) is 24.5 Å². The van der Waals surface area contributed by atoms with E-state index >= 15 is 0 Å². The standard InChI is InChI=1S/C20H20N2O2S/c1-24-17-10-5-9-16(13-17)22-20(23)19(15-7-3-2-4-8-15)21-14-18-11-6-12-25-18/h2-13,19,21H,14H2,1H3,(H,22,23)/t19-/m1/s1. The van der Waals surface area contributed by atoms with Crippen molar-refractivity contribution in [2.75, 3.05) is 12.4 Å². The lowest BCUT2D eigenvalue weighted by molar-refractivity contribution is -0.118. The molecule has 0 aliphatic carbocycles. The molecule has 0 fully saturated rings. The van der Waals surface area contributed by atoms with Gasteiger partial charge in [-0.1, -0.05) is 42.5 Å². The molecule has 1 amide bonds. The number of carbonyl (C=O) groups excluding carboxylic acids is 1. The van der Waals surface area contributed by atoms with Crippen LogP contribution in [0.5, 0.6) is 5.75 Å². The van der Waals surface area contributed by atoms with E-state index in [2.05, 4.69) is 16.7 Å². The van der Waals surface area contributed by atoms with Crippen molar-refractivity contribution in [1.82, 2.24) is 5.32 Å². The summed E-state index contributed by atoms with van der Waals surface area (Å²) in [6.07, 6.45) is 0. The van der Waals surface area contributed by atoms with Gasteiger partial charge in [0.15, 0.2) is 0 Å². The molecule has 0 saturated heterocycles. The summed E-state index contributed by atoms with van der Waals surface area (Å²) in [5, 5.41) is 8.35. The Morgan fingerprint density at radius 1 is 1.08 bits per heavy atom.